The average Bonchev–Trinajstić information content (AvgIpc) is 3.27. The van der Waals surface area contributed by atoms with Crippen molar-refractivity contribution in [2.75, 3.05) is 0 Å². The molecule has 0 spiro atoms. The molecule has 0 atom stereocenters. The van der Waals surface area contributed by atoms with E-state index in [1.807, 2.05) is 0 Å². The largest absolute Gasteiger partial charge is 0.530 e. The van der Waals surface area contributed by atoms with Crippen molar-refractivity contribution in [2.45, 2.75) is 242 Å². The van der Waals surface area contributed by atoms with E-state index in [4.69, 9.17) is 27.1 Å². The highest BCUT2D eigenvalue weighted by atomic mass is 31.2. The number of non-ortho nitro benzene ring substituents is 1. The first kappa shape index (κ1) is 61.0. The maximum absolute atomic E-state index is 12.7. The summed E-state index contributed by atoms with van der Waals surface area (Å²) in [6.45, 7) is 58.0. The fourth-order valence-corrected chi connectivity index (χ4v) is 12.3. The topological polar surface area (TPSA) is 98.5 Å². The second-order valence-corrected chi connectivity index (χ2v) is 32.5. The van der Waals surface area contributed by atoms with Gasteiger partial charge in [0.2, 0.25) is 0 Å². The van der Waals surface area contributed by atoms with Gasteiger partial charge in [-0.3, -0.25) is 14.6 Å². The van der Waals surface area contributed by atoms with Crippen molar-refractivity contribution < 1.29 is 32.1 Å². The molecule has 11 heteroatoms. The monoisotopic (exact) mass is 1100 g/mol. The highest BCUT2D eigenvalue weighted by molar-refractivity contribution is 7.43. The molecule has 5 aromatic rings. The molecule has 0 saturated heterocycles. The minimum absolute atomic E-state index is 0.0765. The van der Waals surface area contributed by atoms with Crippen LogP contribution in [-0.2, 0) is 54.5 Å². The van der Waals surface area contributed by atoms with E-state index in [-0.39, 0.29) is 73.2 Å². The van der Waals surface area contributed by atoms with E-state index in [0.717, 1.165) is 56.0 Å². The molecule has 2 heterocycles. The van der Waals surface area contributed by atoms with Crippen molar-refractivity contribution in [1.29, 1.82) is 0 Å². The van der Waals surface area contributed by atoms with E-state index in [1.54, 1.807) is 6.07 Å². The van der Waals surface area contributed by atoms with Crippen molar-refractivity contribution in [3.05, 3.63) is 149 Å². The molecule has 0 bridgehead atoms. The van der Waals surface area contributed by atoms with Crippen LogP contribution in [0.5, 0.6) is 28.7 Å². The predicted octanol–water partition coefficient (Wildman–Crippen LogP) is 20.6. The van der Waals surface area contributed by atoms with Gasteiger partial charge in [0.05, 0.1) is 17.6 Å². The number of benzene rings is 5. The van der Waals surface area contributed by atoms with E-state index >= 15 is 0 Å². The number of hydrogen-bond acceptors (Lipinski definition) is 8. The Morgan fingerprint density at radius 2 is 0.705 bits per heavy atom. The lowest BCUT2D eigenvalue weighted by Gasteiger charge is -2.36. The van der Waals surface area contributed by atoms with Crippen LogP contribution < -0.4 is 22.6 Å². The van der Waals surface area contributed by atoms with E-state index in [1.165, 1.54) is 34.4 Å². The first-order valence-electron chi connectivity index (χ1n) is 28.0. The van der Waals surface area contributed by atoms with Crippen molar-refractivity contribution in [1.82, 2.24) is 0 Å². The number of nitro groups is 1. The van der Waals surface area contributed by atoms with Gasteiger partial charge in [-0.15, -0.1) is 0 Å². The molecular weight excluding hydrogens is 1010 g/mol. The molecule has 0 fully saturated rings. The van der Waals surface area contributed by atoms with E-state index in [9.17, 15) is 10.1 Å². The van der Waals surface area contributed by atoms with Crippen LogP contribution in [0.2, 0.25) is 0 Å². The molecule has 0 unspecified atom stereocenters. The molecule has 2 aliphatic heterocycles. The zero-order valence-electron chi connectivity index (χ0n) is 52.3. The van der Waals surface area contributed by atoms with Crippen LogP contribution in [0.4, 0.5) is 5.69 Å². The van der Waals surface area contributed by atoms with Crippen molar-refractivity contribution in [3.63, 3.8) is 0 Å². The number of hydrogen-bond donors (Lipinski definition) is 0. The number of rotatable bonds is 6. The van der Waals surface area contributed by atoms with Crippen LogP contribution in [0.3, 0.4) is 0 Å². The predicted molar refractivity (Wildman–Crippen MR) is 325 cm³/mol. The zero-order chi connectivity index (χ0) is 58.6. The molecule has 9 nitrogen and oxygen atoms in total. The van der Waals surface area contributed by atoms with Gasteiger partial charge in [-0.05, 0) is 71.6 Å². The molecule has 0 N–H and O–H groups in total. The Morgan fingerprint density at radius 1 is 0.423 bits per heavy atom. The molecule has 7 rings (SSSR count). The van der Waals surface area contributed by atoms with Gasteiger partial charge in [0, 0.05) is 68.0 Å². The van der Waals surface area contributed by atoms with Gasteiger partial charge >= 0.3 is 17.2 Å². The summed E-state index contributed by atoms with van der Waals surface area (Å²) in [4.78, 5) is 12.3. The molecule has 0 radical (unpaired) electrons. The molecule has 0 saturated carbocycles. The first-order chi connectivity index (χ1) is 35.3. The van der Waals surface area contributed by atoms with Crippen LogP contribution in [-0.4, -0.2) is 4.92 Å². The Labute approximate surface area is 472 Å². The summed E-state index contributed by atoms with van der Waals surface area (Å²) in [6.07, 6.45) is 0. The molecule has 5 aromatic carbocycles. The van der Waals surface area contributed by atoms with E-state index in [2.05, 4.69) is 229 Å². The van der Waals surface area contributed by atoms with Crippen LogP contribution in [0, 0.1) is 10.1 Å². The highest BCUT2D eigenvalue weighted by Crippen LogP contribution is 2.59. The molecule has 0 aromatic heterocycles. The normalized spacial score (nSPS) is 18.5. The second-order valence-electron chi connectivity index (χ2n) is 30.4. The molecule has 0 amide bonds. The fraction of sp³-hybridized carbons (Fsp3) is 0.552. The van der Waals surface area contributed by atoms with Crippen molar-refractivity contribution in [2.24, 2.45) is 0 Å². The smallest absolute Gasteiger partial charge is 0.417 e. The lowest BCUT2D eigenvalue weighted by Crippen LogP contribution is -2.23. The summed E-state index contributed by atoms with van der Waals surface area (Å²) in [7, 11) is -4.51. The summed E-state index contributed by atoms with van der Waals surface area (Å²) in [5.74, 6) is 2.85. The zero-order valence-corrected chi connectivity index (χ0v) is 54.1. The molecular formula is C67H93NO8P2. The quantitative estimate of drug-likeness (QED) is 0.0942. The standard InChI is InChI=1S/C67H93NO8P2/c1-39-47-29-42(60(3,4)5)33-51(64(15,16)17)56(47)73-77(74-57-48(39)30-43(61(6,7)8)34-52(57)65(18,19)20)71-38-41-27-28-46(68(69)70)37-55(41)72-78-75-58-49(31-44(62(9,10)11)35-53(58)66(21,22)23)40(2)50-32-45(63(12,13)14)36-54(59(50)76-78)67(24,25)26/h27-37,39-40H,38H2,1-26H3. The minimum atomic E-state index is -2.34. The summed E-state index contributed by atoms with van der Waals surface area (Å²) in [6, 6.07) is 23.0. The average molecular weight is 1100 g/mol. The Balaban J connectivity index is 1.43. The lowest BCUT2D eigenvalue weighted by molar-refractivity contribution is -0.384. The molecule has 0 aliphatic carbocycles. The van der Waals surface area contributed by atoms with Crippen LogP contribution in [0.15, 0.2) is 66.7 Å². The number of nitrogens with zero attached hydrogens (tertiary/aromatic N) is 1. The summed E-state index contributed by atoms with van der Waals surface area (Å²) >= 11 is 0. The summed E-state index contributed by atoms with van der Waals surface area (Å²) < 4.78 is 43.0. The third kappa shape index (κ3) is 12.9. The van der Waals surface area contributed by atoms with Gasteiger partial charge in [0.25, 0.3) is 5.69 Å². The maximum Gasteiger partial charge on any atom is 0.530 e. The minimum Gasteiger partial charge on any atom is -0.417 e. The van der Waals surface area contributed by atoms with Gasteiger partial charge in [0.15, 0.2) is 0 Å². The van der Waals surface area contributed by atoms with Gasteiger partial charge < -0.3 is 22.6 Å². The second kappa shape index (κ2) is 20.7. The van der Waals surface area contributed by atoms with Crippen molar-refractivity contribution >= 4 is 22.9 Å². The lowest BCUT2D eigenvalue weighted by atomic mass is 9.74. The SMILES string of the molecule is CC1c2cc(C(C)(C)C)cc(C(C)(C)C)c2OP(OCc2ccc([N+](=O)[O-])cc2OP2Oc3c(cc(C(C)(C)C)cc3C(C)(C)C)C(C)c3cc(C(C)(C)C)cc(C(C)(C)C)c3O2)Oc2c1cc(C(C)(C)C)cc2C(C)(C)C. The third-order valence-corrected chi connectivity index (χ3v) is 17.5. The van der Waals surface area contributed by atoms with Gasteiger partial charge in [-0.1, -0.05) is 229 Å². The molecule has 2 aliphatic rings. The van der Waals surface area contributed by atoms with Crippen molar-refractivity contribution in [3.8, 4) is 28.7 Å². The Kier molecular flexibility index (Phi) is 16.2. The number of nitro benzene ring substituents is 1. The van der Waals surface area contributed by atoms with Gasteiger partial charge in [0.1, 0.15) is 28.7 Å². The summed E-state index contributed by atoms with van der Waals surface area (Å²) in [5.41, 5.74) is 11.7. The molecule has 78 heavy (non-hydrogen) atoms. The van der Waals surface area contributed by atoms with Crippen LogP contribution >= 0.6 is 17.2 Å². The van der Waals surface area contributed by atoms with Gasteiger partial charge in [-0.2, -0.15) is 0 Å². The molecule has 424 valence electrons. The summed E-state index contributed by atoms with van der Waals surface area (Å²) in [5, 5.41) is 12.7. The van der Waals surface area contributed by atoms with Gasteiger partial charge in [-0.25, -0.2) is 0 Å². The Hall–Kier alpha value is -4.68. The van der Waals surface area contributed by atoms with Crippen LogP contribution in [0.25, 0.3) is 0 Å². The third-order valence-electron chi connectivity index (χ3n) is 15.5. The van der Waals surface area contributed by atoms with E-state index < -0.39 is 22.1 Å². The number of fused-ring (bicyclic) bond motifs is 4. The van der Waals surface area contributed by atoms with Crippen LogP contribution in [0.1, 0.15) is 264 Å². The maximum atomic E-state index is 12.7. The Morgan fingerprint density at radius 3 is 0.962 bits per heavy atom. The fourth-order valence-electron chi connectivity index (χ4n) is 10.1. The van der Waals surface area contributed by atoms with E-state index in [0.29, 0.717) is 17.1 Å². The highest BCUT2D eigenvalue weighted by Gasteiger charge is 2.41. The Bertz CT molecular complexity index is 2930. The first-order valence-corrected chi connectivity index (χ1v) is 30.2.